The van der Waals surface area contributed by atoms with Gasteiger partial charge in [-0.15, -0.1) is 0 Å². The highest BCUT2D eigenvalue weighted by molar-refractivity contribution is 5.88. The topological polar surface area (TPSA) is 48.0 Å². The van der Waals surface area contributed by atoms with Crippen LogP contribution in [0.4, 0.5) is 10.2 Å². The molecule has 4 rings (SSSR count). The van der Waals surface area contributed by atoms with Crippen LogP contribution >= 0.6 is 0 Å². The number of nitrogens with one attached hydrogen (secondary N) is 1. The molecule has 6 heteroatoms. The van der Waals surface area contributed by atoms with E-state index >= 15 is 0 Å². The van der Waals surface area contributed by atoms with Crippen LogP contribution in [-0.4, -0.2) is 53.3 Å². The largest absolute Gasteiger partial charge is 0.355 e. The van der Waals surface area contributed by atoms with Gasteiger partial charge in [0.25, 0.3) is 0 Å². The Labute approximate surface area is 158 Å². The van der Waals surface area contributed by atoms with Crippen molar-refractivity contribution in [3.63, 3.8) is 0 Å². The van der Waals surface area contributed by atoms with Crippen LogP contribution in [0.15, 0.2) is 48.8 Å². The van der Waals surface area contributed by atoms with Crippen LogP contribution in [-0.2, 0) is 0 Å². The van der Waals surface area contributed by atoms with Crippen LogP contribution in [0.3, 0.4) is 0 Å². The van der Waals surface area contributed by atoms with E-state index in [4.69, 9.17) is 0 Å². The zero-order valence-corrected chi connectivity index (χ0v) is 15.7. The van der Waals surface area contributed by atoms with Gasteiger partial charge >= 0.3 is 0 Å². The molecule has 3 heterocycles. The number of benzene rings is 1. The second-order valence-corrected chi connectivity index (χ2v) is 7.22. The van der Waals surface area contributed by atoms with Crippen molar-refractivity contribution in [2.75, 3.05) is 32.1 Å². The zero-order chi connectivity index (χ0) is 18.8. The average molecular weight is 365 g/mol. The summed E-state index contributed by atoms with van der Waals surface area (Å²) in [6, 6.07) is 11.1. The Kier molecular flexibility index (Phi) is 4.90. The monoisotopic (exact) mass is 365 g/mol. The number of halogens is 1. The Morgan fingerprint density at radius 1 is 1.00 bits per heavy atom. The van der Waals surface area contributed by atoms with Crippen molar-refractivity contribution in [1.82, 2.24) is 20.1 Å². The molecular formula is C21H24FN5. The fraction of sp³-hybridized carbons (Fsp3) is 0.333. The molecule has 1 saturated heterocycles. The summed E-state index contributed by atoms with van der Waals surface area (Å²) in [6.07, 6.45) is 5.81. The van der Waals surface area contributed by atoms with Crippen molar-refractivity contribution in [2.45, 2.75) is 18.9 Å². The van der Waals surface area contributed by atoms with Gasteiger partial charge < -0.3 is 9.80 Å². The predicted molar refractivity (Wildman–Crippen MR) is 106 cm³/mol. The SMILES string of the molecule is CN(C)C1CCN(c2n[nH]c(-c3ccc(F)cc3)c2-c2ccncc2)CC1. The molecule has 3 aromatic rings. The molecular weight excluding hydrogens is 341 g/mol. The van der Waals surface area contributed by atoms with E-state index in [0.29, 0.717) is 6.04 Å². The number of anilines is 1. The van der Waals surface area contributed by atoms with E-state index in [-0.39, 0.29) is 5.82 Å². The minimum Gasteiger partial charge on any atom is -0.355 e. The fourth-order valence-corrected chi connectivity index (χ4v) is 3.77. The fourth-order valence-electron chi connectivity index (χ4n) is 3.77. The lowest BCUT2D eigenvalue weighted by molar-refractivity contribution is 0.249. The first-order chi connectivity index (χ1) is 13.1. The molecule has 2 aromatic heterocycles. The highest BCUT2D eigenvalue weighted by Crippen LogP contribution is 2.38. The second kappa shape index (κ2) is 7.48. The summed E-state index contributed by atoms with van der Waals surface area (Å²) >= 11 is 0. The van der Waals surface area contributed by atoms with Crippen LogP contribution in [0.25, 0.3) is 22.4 Å². The van der Waals surface area contributed by atoms with Crippen LogP contribution in [0.1, 0.15) is 12.8 Å². The number of pyridine rings is 1. The molecule has 0 aliphatic carbocycles. The van der Waals surface area contributed by atoms with Gasteiger partial charge in [-0.05, 0) is 68.9 Å². The smallest absolute Gasteiger partial charge is 0.158 e. The first-order valence-electron chi connectivity index (χ1n) is 9.29. The highest BCUT2D eigenvalue weighted by Gasteiger charge is 2.26. The van der Waals surface area contributed by atoms with E-state index in [1.165, 1.54) is 12.1 Å². The molecule has 1 fully saturated rings. The molecule has 1 N–H and O–H groups in total. The summed E-state index contributed by atoms with van der Waals surface area (Å²) < 4.78 is 13.4. The summed E-state index contributed by atoms with van der Waals surface area (Å²) in [7, 11) is 4.29. The quantitative estimate of drug-likeness (QED) is 0.764. The third-order valence-corrected chi connectivity index (χ3v) is 5.34. The molecule has 0 unspecified atom stereocenters. The molecule has 5 nitrogen and oxygen atoms in total. The van der Waals surface area contributed by atoms with E-state index in [2.05, 4.69) is 39.1 Å². The molecule has 0 spiro atoms. The molecule has 0 amide bonds. The summed E-state index contributed by atoms with van der Waals surface area (Å²) in [6.45, 7) is 1.93. The van der Waals surface area contributed by atoms with Crippen LogP contribution in [0, 0.1) is 5.82 Å². The number of rotatable bonds is 4. The number of nitrogens with zero attached hydrogens (tertiary/aromatic N) is 4. The minimum absolute atomic E-state index is 0.241. The van der Waals surface area contributed by atoms with Crippen molar-refractivity contribution < 1.29 is 4.39 Å². The van der Waals surface area contributed by atoms with Crippen LogP contribution in [0.2, 0.25) is 0 Å². The molecule has 1 aliphatic rings. The number of aromatic amines is 1. The summed E-state index contributed by atoms with van der Waals surface area (Å²) in [5.41, 5.74) is 3.94. The predicted octanol–water partition coefficient (Wildman–Crippen LogP) is 3.81. The first kappa shape index (κ1) is 17.7. The van der Waals surface area contributed by atoms with Gasteiger partial charge in [0.05, 0.1) is 11.3 Å². The number of hydrogen-bond donors (Lipinski definition) is 1. The lowest BCUT2D eigenvalue weighted by Gasteiger charge is -2.35. The lowest BCUT2D eigenvalue weighted by Crippen LogP contribution is -2.42. The van der Waals surface area contributed by atoms with Gasteiger partial charge in [-0.1, -0.05) is 0 Å². The third-order valence-electron chi connectivity index (χ3n) is 5.34. The van der Waals surface area contributed by atoms with Crippen molar-refractivity contribution in [1.29, 1.82) is 0 Å². The van der Waals surface area contributed by atoms with Gasteiger partial charge in [-0.25, -0.2) is 4.39 Å². The van der Waals surface area contributed by atoms with Gasteiger partial charge in [-0.3, -0.25) is 10.1 Å². The number of H-pyrrole nitrogens is 1. The van der Waals surface area contributed by atoms with E-state index in [1.807, 2.05) is 12.1 Å². The molecule has 1 aromatic carbocycles. The standard InChI is InChI=1S/C21H24FN5/c1-26(2)18-9-13-27(14-10-18)21-19(15-7-11-23-12-8-15)20(24-25-21)16-3-5-17(22)6-4-16/h3-8,11-12,18H,9-10,13-14H2,1-2H3,(H,24,25). The number of piperidine rings is 1. The molecule has 0 atom stereocenters. The van der Waals surface area contributed by atoms with E-state index < -0.39 is 0 Å². The highest BCUT2D eigenvalue weighted by atomic mass is 19.1. The van der Waals surface area contributed by atoms with E-state index in [0.717, 1.165) is 54.1 Å². The van der Waals surface area contributed by atoms with Crippen molar-refractivity contribution >= 4 is 5.82 Å². The lowest BCUT2D eigenvalue weighted by atomic mass is 9.99. The number of aromatic nitrogens is 3. The first-order valence-corrected chi connectivity index (χ1v) is 9.29. The summed E-state index contributed by atoms with van der Waals surface area (Å²) in [5, 5.41) is 7.85. The Balaban J connectivity index is 1.73. The van der Waals surface area contributed by atoms with Gasteiger partial charge in [-0.2, -0.15) is 5.10 Å². The Morgan fingerprint density at radius 2 is 1.67 bits per heavy atom. The van der Waals surface area contributed by atoms with Crippen molar-refractivity contribution in [2.24, 2.45) is 0 Å². The number of hydrogen-bond acceptors (Lipinski definition) is 4. The minimum atomic E-state index is -0.241. The molecule has 0 saturated carbocycles. The molecule has 27 heavy (non-hydrogen) atoms. The maximum atomic E-state index is 13.4. The molecule has 0 radical (unpaired) electrons. The molecule has 1 aliphatic heterocycles. The van der Waals surface area contributed by atoms with Crippen molar-refractivity contribution in [3.05, 3.63) is 54.6 Å². The second-order valence-electron chi connectivity index (χ2n) is 7.22. The Bertz CT molecular complexity index is 881. The maximum Gasteiger partial charge on any atom is 0.158 e. The molecule has 140 valence electrons. The summed E-state index contributed by atoms with van der Waals surface area (Å²) in [4.78, 5) is 8.79. The van der Waals surface area contributed by atoms with Gasteiger partial charge in [0.15, 0.2) is 5.82 Å². The zero-order valence-electron chi connectivity index (χ0n) is 15.7. The average Bonchev–Trinajstić information content (AvgIpc) is 3.14. The van der Waals surface area contributed by atoms with E-state index in [1.54, 1.807) is 24.5 Å². The summed E-state index contributed by atoms with van der Waals surface area (Å²) in [5.74, 6) is 0.715. The maximum absolute atomic E-state index is 13.4. The van der Waals surface area contributed by atoms with Gasteiger partial charge in [0.1, 0.15) is 5.82 Å². The normalized spacial score (nSPS) is 15.5. The van der Waals surface area contributed by atoms with Crippen LogP contribution in [0.5, 0.6) is 0 Å². The molecule has 0 bridgehead atoms. The Hall–Kier alpha value is -2.73. The Morgan fingerprint density at radius 3 is 2.30 bits per heavy atom. The van der Waals surface area contributed by atoms with Crippen molar-refractivity contribution in [3.8, 4) is 22.4 Å². The van der Waals surface area contributed by atoms with Crippen LogP contribution < -0.4 is 4.90 Å². The van der Waals surface area contributed by atoms with Gasteiger partial charge in [0.2, 0.25) is 0 Å². The van der Waals surface area contributed by atoms with E-state index in [9.17, 15) is 4.39 Å². The third kappa shape index (κ3) is 3.57. The van der Waals surface area contributed by atoms with Gasteiger partial charge in [0, 0.05) is 37.1 Å².